The molecule has 0 radical (unpaired) electrons. The zero-order chi connectivity index (χ0) is 14.0. The predicted octanol–water partition coefficient (Wildman–Crippen LogP) is 4.66. The van der Waals surface area contributed by atoms with Crippen LogP contribution >= 0.6 is 0 Å². The van der Waals surface area contributed by atoms with E-state index < -0.39 is 0 Å². The zero-order valence-corrected chi connectivity index (χ0v) is 13.3. The van der Waals surface area contributed by atoms with Gasteiger partial charge in [0.25, 0.3) is 0 Å². The van der Waals surface area contributed by atoms with Crippen LogP contribution in [0.3, 0.4) is 0 Å². The Morgan fingerprint density at radius 1 is 0.579 bits per heavy atom. The molecule has 0 heterocycles. The van der Waals surface area contributed by atoms with Gasteiger partial charge in [0.1, 0.15) is 0 Å². The highest BCUT2D eigenvalue weighted by molar-refractivity contribution is 4.51. The third kappa shape index (κ3) is 17.9. The van der Waals surface area contributed by atoms with Gasteiger partial charge in [-0.15, -0.1) is 0 Å². The van der Waals surface area contributed by atoms with Crippen LogP contribution in [0.5, 0.6) is 0 Å². The summed E-state index contributed by atoms with van der Waals surface area (Å²) in [7, 11) is 0. The molecule has 116 valence electrons. The molecule has 0 aromatic heterocycles. The van der Waals surface area contributed by atoms with Gasteiger partial charge in [0, 0.05) is 6.61 Å². The first-order chi connectivity index (χ1) is 9.41. The summed E-state index contributed by atoms with van der Waals surface area (Å²) in [6, 6.07) is 0. The lowest BCUT2D eigenvalue weighted by molar-refractivity contribution is 0.282. The number of hydrogen-bond acceptors (Lipinski definition) is 2. The van der Waals surface area contributed by atoms with Gasteiger partial charge in [0.2, 0.25) is 0 Å². The van der Waals surface area contributed by atoms with Crippen LogP contribution in [0.4, 0.5) is 0 Å². The summed E-state index contributed by atoms with van der Waals surface area (Å²) in [5.41, 5.74) is 0. The molecule has 2 N–H and O–H groups in total. The van der Waals surface area contributed by atoms with Crippen LogP contribution in [0, 0.1) is 0 Å². The van der Waals surface area contributed by atoms with E-state index in [-0.39, 0.29) is 0 Å². The third-order valence-electron chi connectivity index (χ3n) is 3.72. The molecule has 0 atom stereocenters. The summed E-state index contributed by atoms with van der Waals surface area (Å²) in [5, 5.41) is 12.2. The summed E-state index contributed by atoms with van der Waals surface area (Å²) in [5.74, 6) is 0. The van der Waals surface area contributed by atoms with E-state index in [9.17, 15) is 0 Å². The van der Waals surface area contributed by atoms with Gasteiger partial charge in [0.05, 0.1) is 0 Å². The fraction of sp³-hybridized carbons (Fsp3) is 1.00. The molecule has 0 aliphatic carbocycles. The molecule has 0 aliphatic rings. The normalized spacial score (nSPS) is 11.1. The maximum atomic E-state index is 8.66. The second-order valence-electron chi connectivity index (χ2n) is 5.72. The first-order valence-corrected chi connectivity index (χ1v) is 8.73. The van der Waals surface area contributed by atoms with E-state index in [1.165, 1.54) is 90.1 Å². The molecule has 0 bridgehead atoms. The summed E-state index contributed by atoms with van der Waals surface area (Å²) in [6.07, 6.45) is 17.2. The molecule has 0 amide bonds. The Kier molecular flexibility index (Phi) is 17.8. The number of unbranched alkanes of at least 4 members (excludes halogenated alkanes) is 11. The van der Waals surface area contributed by atoms with Gasteiger partial charge in [-0.25, -0.2) is 0 Å². The van der Waals surface area contributed by atoms with Gasteiger partial charge >= 0.3 is 0 Å². The molecule has 2 heteroatoms. The quantitative estimate of drug-likeness (QED) is 0.400. The van der Waals surface area contributed by atoms with Crippen molar-refractivity contribution in [3.05, 3.63) is 0 Å². The highest BCUT2D eigenvalue weighted by atomic mass is 16.2. The van der Waals surface area contributed by atoms with Crippen molar-refractivity contribution in [1.82, 2.24) is 5.32 Å². The molecule has 0 saturated carbocycles. The molecule has 0 fully saturated rings. The number of nitrogens with one attached hydrogen (secondary N) is 1. The zero-order valence-electron chi connectivity index (χ0n) is 13.3. The lowest BCUT2D eigenvalue weighted by Gasteiger charge is -2.05. The summed E-state index contributed by atoms with van der Waals surface area (Å²) in [6.45, 7) is 5.05. The first-order valence-electron chi connectivity index (χ1n) is 8.73. The van der Waals surface area contributed by atoms with Crippen molar-refractivity contribution < 1.29 is 5.11 Å². The van der Waals surface area contributed by atoms with Crippen LogP contribution in [0.1, 0.15) is 90.4 Å². The van der Waals surface area contributed by atoms with E-state index >= 15 is 0 Å². The molecular formula is C17H37NO. The largest absolute Gasteiger partial charge is 0.396 e. The van der Waals surface area contributed by atoms with Crippen LogP contribution in [-0.4, -0.2) is 24.8 Å². The topological polar surface area (TPSA) is 32.3 Å². The van der Waals surface area contributed by atoms with Gasteiger partial charge in [-0.1, -0.05) is 71.1 Å². The number of aliphatic hydroxyl groups excluding tert-OH is 1. The van der Waals surface area contributed by atoms with Crippen molar-refractivity contribution >= 4 is 0 Å². The minimum atomic E-state index is 0.365. The second kappa shape index (κ2) is 17.9. The Labute approximate surface area is 121 Å². The minimum absolute atomic E-state index is 0.365. The molecule has 0 aliphatic heterocycles. The molecule has 0 spiro atoms. The Morgan fingerprint density at radius 3 is 1.47 bits per heavy atom. The van der Waals surface area contributed by atoms with Crippen molar-refractivity contribution in [1.29, 1.82) is 0 Å². The van der Waals surface area contributed by atoms with Crippen molar-refractivity contribution in [2.45, 2.75) is 90.4 Å². The number of rotatable bonds is 16. The highest BCUT2D eigenvalue weighted by Crippen LogP contribution is 2.08. The van der Waals surface area contributed by atoms with Crippen molar-refractivity contribution in [3.8, 4) is 0 Å². The lowest BCUT2D eigenvalue weighted by Crippen LogP contribution is -2.16. The smallest absolute Gasteiger partial charge is 0.0431 e. The van der Waals surface area contributed by atoms with Crippen LogP contribution in [0.15, 0.2) is 0 Å². The maximum Gasteiger partial charge on any atom is 0.0431 e. The fourth-order valence-corrected chi connectivity index (χ4v) is 2.40. The molecule has 2 nitrogen and oxygen atoms in total. The summed E-state index contributed by atoms with van der Waals surface area (Å²) < 4.78 is 0. The lowest BCUT2D eigenvalue weighted by atomic mass is 10.1. The standard InChI is InChI=1S/C17H37NO/c1-2-3-4-9-12-15-18-16-13-10-7-5-6-8-11-14-17-19/h18-19H,2-17H2,1H3. The minimum Gasteiger partial charge on any atom is -0.396 e. The fourth-order valence-electron chi connectivity index (χ4n) is 2.40. The third-order valence-corrected chi connectivity index (χ3v) is 3.72. The molecule has 0 aromatic carbocycles. The van der Waals surface area contributed by atoms with Gasteiger partial charge in [-0.3, -0.25) is 0 Å². The molecule has 0 aromatic rings. The van der Waals surface area contributed by atoms with E-state index in [1.54, 1.807) is 0 Å². The van der Waals surface area contributed by atoms with Gasteiger partial charge in [-0.2, -0.15) is 0 Å². The van der Waals surface area contributed by atoms with E-state index in [4.69, 9.17) is 5.11 Å². The molecule has 0 rings (SSSR count). The Hall–Kier alpha value is -0.0800. The molecule has 0 unspecified atom stereocenters. The van der Waals surface area contributed by atoms with Gasteiger partial charge in [-0.05, 0) is 32.4 Å². The van der Waals surface area contributed by atoms with Crippen LogP contribution < -0.4 is 5.32 Å². The van der Waals surface area contributed by atoms with Crippen molar-refractivity contribution in [3.63, 3.8) is 0 Å². The van der Waals surface area contributed by atoms with Crippen LogP contribution in [-0.2, 0) is 0 Å². The van der Waals surface area contributed by atoms with E-state index in [2.05, 4.69) is 12.2 Å². The van der Waals surface area contributed by atoms with E-state index in [0.29, 0.717) is 6.61 Å². The van der Waals surface area contributed by atoms with E-state index in [1.807, 2.05) is 0 Å². The second-order valence-corrected chi connectivity index (χ2v) is 5.72. The average Bonchev–Trinajstić information content (AvgIpc) is 2.43. The predicted molar refractivity (Wildman–Crippen MR) is 85.7 cm³/mol. The van der Waals surface area contributed by atoms with Crippen LogP contribution in [0.25, 0.3) is 0 Å². The molecule has 0 saturated heterocycles. The Bertz CT molecular complexity index is 134. The van der Waals surface area contributed by atoms with Gasteiger partial charge < -0.3 is 10.4 Å². The average molecular weight is 271 g/mol. The SMILES string of the molecule is CCCCCCCNCCCCCCCCCCO. The summed E-state index contributed by atoms with van der Waals surface area (Å²) >= 11 is 0. The first kappa shape index (κ1) is 18.9. The van der Waals surface area contributed by atoms with Crippen LogP contribution in [0.2, 0.25) is 0 Å². The Morgan fingerprint density at radius 2 is 1.00 bits per heavy atom. The number of aliphatic hydroxyl groups is 1. The van der Waals surface area contributed by atoms with Gasteiger partial charge in [0.15, 0.2) is 0 Å². The van der Waals surface area contributed by atoms with Crippen molar-refractivity contribution in [2.24, 2.45) is 0 Å². The molecular weight excluding hydrogens is 234 g/mol. The highest BCUT2D eigenvalue weighted by Gasteiger charge is 1.93. The maximum absolute atomic E-state index is 8.66. The molecule has 19 heavy (non-hydrogen) atoms. The Balaban J connectivity index is 2.88. The summed E-state index contributed by atoms with van der Waals surface area (Å²) in [4.78, 5) is 0. The number of hydrogen-bond donors (Lipinski definition) is 2. The van der Waals surface area contributed by atoms with E-state index in [0.717, 1.165) is 6.42 Å². The van der Waals surface area contributed by atoms with Crippen molar-refractivity contribution in [2.75, 3.05) is 19.7 Å². The monoisotopic (exact) mass is 271 g/mol.